The molecule has 1 aliphatic rings. The summed E-state index contributed by atoms with van der Waals surface area (Å²) in [6.45, 7) is 6.45. The third-order valence-corrected chi connectivity index (χ3v) is 2.31. The predicted octanol–water partition coefficient (Wildman–Crippen LogP) is 1.55. The van der Waals surface area contributed by atoms with Gasteiger partial charge in [0.25, 0.3) is 0 Å². The van der Waals surface area contributed by atoms with Gasteiger partial charge in [-0.25, -0.2) is 0 Å². The lowest BCUT2D eigenvalue weighted by Crippen LogP contribution is -2.35. The molecule has 1 saturated heterocycles. The average Bonchev–Trinajstić information content (AvgIpc) is 2.37. The van der Waals surface area contributed by atoms with Crippen molar-refractivity contribution < 1.29 is 4.74 Å². The monoisotopic (exact) mass is 157 g/mol. The first-order valence-electron chi connectivity index (χ1n) is 4.69. The predicted molar refractivity (Wildman–Crippen MR) is 46.7 cm³/mol. The number of rotatable bonds is 4. The van der Waals surface area contributed by atoms with Gasteiger partial charge in [-0.1, -0.05) is 13.3 Å². The fourth-order valence-electron chi connectivity index (χ4n) is 1.46. The van der Waals surface area contributed by atoms with Crippen LogP contribution in [0.1, 0.15) is 33.1 Å². The summed E-state index contributed by atoms with van der Waals surface area (Å²) >= 11 is 0. The van der Waals surface area contributed by atoms with Crippen LogP contribution in [0.5, 0.6) is 0 Å². The minimum absolute atomic E-state index is 0.423. The summed E-state index contributed by atoms with van der Waals surface area (Å²) in [7, 11) is 0. The van der Waals surface area contributed by atoms with Gasteiger partial charge < -0.3 is 10.1 Å². The van der Waals surface area contributed by atoms with Gasteiger partial charge in [-0.05, 0) is 26.3 Å². The Bertz CT molecular complexity index is 106. The number of nitrogens with one attached hydrogen (secondary N) is 1. The molecule has 0 aromatic carbocycles. The van der Waals surface area contributed by atoms with Gasteiger partial charge in [0.1, 0.15) is 0 Å². The third-order valence-electron chi connectivity index (χ3n) is 2.31. The Morgan fingerprint density at radius 2 is 2.36 bits per heavy atom. The number of hydrogen-bond donors (Lipinski definition) is 1. The molecule has 0 saturated carbocycles. The Balaban J connectivity index is 2.05. The molecule has 66 valence electrons. The van der Waals surface area contributed by atoms with Crippen molar-refractivity contribution in [3.63, 3.8) is 0 Å². The van der Waals surface area contributed by atoms with Crippen molar-refractivity contribution in [3.05, 3.63) is 0 Å². The van der Waals surface area contributed by atoms with E-state index in [2.05, 4.69) is 19.2 Å². The van der Waals surface area contributed by atoms with E-state index in [1.165, 1.54) is 19.3 Å². The zero-order valence-electron chi connectivity index (χ0n) is 7.60. The normalized spacial score (nSPS) is 31.1. The van der Waals surface area contributed by atoms with Crippen LogP contribution in [0.15, 0.2) is 0 Å². The van der Waals surface area contributed by atoms with Gasteiger partial charge in [-0.15, -0.1) is 0 Å². The molecular weight excluding hydrogens is 138 g/mol. The molecule has 0 amide bonds. The Morgan fingerprint density at radius 3 is 2.91 bits per heavy atom. The summed E-state index contributed by atoms with van der Waals surface area (Å²) in [5.74, 6) is 0. The Hall–Kier alpha value is -0.0800. The van der Waals surface area contributed by atoms with Crippen LogP contribution in [0, 0.1) is 0 Å². The summed E-state index contributed by atoms with van der Waals surface area (Å²) in [5, 5.41) is 3.51. The zero-order valence-corrected chi connectivity index (χ0v) is 7.60. The molecule has 1 aliphatic heterocycles. The fraction of sp³-hybridized carbons (Fsp3) is 1.00. The van der Waals surface area contributed by atoms with Crippen LogP contribution in [-0.2, 0) is 4.74 Å². The van der Waals surface area contributed by atoms with Gasteiger partial charge in [0, 0.05) is 12.6 Å². The SMILES string of the molecule is CCCCNC1CCOC1C. The molecule has 0 aromatic heterocycles. The minimum Gasteiger partial charge on any atom is -0.377 e. The van der Waals surface area contributed by atoms with E-state index in [0.717, 1.165) is 13.2 Å². The maximum absolute atomic E-state index is 5.43. The van der Waals surface area contributed by atoms with Gasteiger partial charge >= 0.3 is 0 Å². The summed E-state index contributed by atoms with van der Waals surface area (Å²) in [4.78, 5) is 0. The standard InChI is InChI=1S/C9H19NO/c1-3-4-6-10-9-5-7-11-8(9)2/h8-10H,3-7H2,1-2H3. The molecule has 0 radical (unpaired) electrons. The smallest absolute Gasteiger partial charge is 0.0700 e. The van der Waals surface area contributed by atoms with E-state index in [1.54, 1.807) is 0 Å². The van der Waals surface area contributed by atoms with Crippen molar-refractivity contribution in [2.45, 2.75) is 45.3 Å². The fourth-order valence-corrected chi connectivity index (χ4v) is 1.46. The van der Waals surface area contributed by atoms with E-state index < -0.39 is 0 Å². The van der Waals surface area contributed by atoms with Crippen LogP contribution < -0.4 is 5.32 Å². The highest BCUT2D eigenvalue weighted by molar-refractivity contribution is 4.78. The van der Waals surface area contributed by atoms with Crippen molar-refractivity contribution in [2.75, 3.05) is 13.2 Å². The molecule has 2 atom stereocenters. The van der Waals surface area contributed by atoms with Crippen molar-refractivity contribution in [1.82, 2.24) is 5.32 Å². The summed E-state index contributed by atoms with van der Waals surface area (Å²) in [5.41, 5.74) is 0. The average molecular weight is 157 g/mol. The molecule has 0 aliphatic carbocycles. The Morgan fingerprint density at radius 1 is 1.55 bits per heavy atom. The lowest BCUT2D eigenvalue weighted by Gasteiger charge is -2.15. The molecule has 2 nitrogen and oxygen atoms in total. The molecule has 0 spiro atoms. The minimum atomic E-state index is 0.423. The summed E-state index contributed by atoms with van der Waals surface area (Å²) in [6, 6.07) is 0.613. The lowest BCUT2D eigenvalue weighted by atomic mass is 10.1. The van der Waals surface area contributed by atoms with Gasteiger partial charge in [0.15, 0.2) is 0 Å². The van der Waals surface area contributed by atoms with Crippen LogP contribution in [0.3, 0.4) is 0 Å². The molecule has 1 rings (SSSR count). The van der Waals surface area contributed by atoms with E-state index in [4.69, 9.17) is 4.74 Å². The van der Waals surface area contributed by atoms with E-state index >= 15 is 0 Å². The Kier molecular flexibility index (Phi) is 3.87. The maximum atomic E-state index is 5.43. The van der Waals surface area contributed by atoms with Crippen LogP contribution >= 0.6 is 0 Å². The van der Waals surface area contributed by atoms with Crippen molar-refractivity contribution in [2.24, 2.45) is 0 Å². The van der Waals surface area contributed by atoms with Gasteiger partial charge in [0.05, 0.1) is 6.10 Å². The highest BCUT2D eigenvalue weighted by atomic mass is 16.5. The van der Waals surface area contributed by atoms with E-state index in [9.17, 15) is 0 Å². The molecule has 11 heavy (non-hydrogen) atoms. The Labute approximate surface area is 69.3 Å². The maximum Gasteiger partial charge on any atom is 0.0700 e. The third kappa shape index (κ3) is 2.80. The lowest BCUT2D eigenvalue weighted by molar-refractivity contribution is 0.113. The van der Waals surface area contributed by atoms with Crippen LogP contribution in [-0.4, -0.2) is 25.3 Å². The highest BCUT2D eigenvalue weighted by Crippen LogP contribution is 2.12. The molecule has 1 fully saturated rings. The number of hydrogen-bond acceptors (Lipinski definition) is 2. The van der Waals surface area contributed by atoms with Gasteiger partial charge in [0.2, 0.25) is 0 Å². The highest BCUT2D eigenvalue weighted by Gasteiger charge is 2.22. The molecule has 0 bridgehead atoms. The molecule has 1 N–H and O–H groups in total. The van der Waals surface area contributed by atoms with Gasteiger partial charge in [-0.3, -0.25) is 0 Å². The van der Waals surface area contributed by atoms with Crippen molar-refractivity contribution in [3.8, 4) is 0 Å². The molecular formula is C9H19NO. The molecule has 1 heterocycles. The van der Waals surface area contributed by atoms with E-state index in [0.29, 0.717) is 12.1 Å². The number of ether oxygens (including phenoxy) is 1. The second-order valence-corrected chi connectivity index (χ2v) is 3.28. The zero-order chi connectivity index (χ0) is 8.10. The van der Waals surface area contributed by atoms with Crippen LogP contribution in [0.4, 0.5) is 0 Å². The first kappa shape index (κ1) is 9.01. The van der Waals surface area contributed by atoms with Crippen LogP contribution in [0.2, 0.25) is 0 Å². The number of unbranched alkanes of at least 4 members (excludes halogenated alkanes) is 1. The van der Waals surface area contributed by atoms with E-state index in [1.807, 2.05) is 0 Å². The molecule has 0 aromatic rings. The van der Waals surface area contributed by atoms with Crippen molar-refractivity contribution in [1.29, 1.82) is 0 Å². The van der Waals surface area contributed by atoms with Gasteiger partial charge in [-0.2, -0.15) is 0 Å². The largest absolute Gasteiger partial charge is 0.377 e. The van der Waals surface area contributed by atoms with Crippen molar-refractivity contribution >= 4 is 0 Å². The molecule has 2 unspecified atom stereocenters. The van der Waals surface area contributed by atoms with E-state index in [-0.39, 0.29) is 0 Å². The summed E-state index contributed by atoms with van der Waals surface area (Å²) < 4.78 is 5.43. The molecule has 2 heteroatoms. The first-order valence-corrected chi connectivity index (χ1v) is 4.69. The summed E-state index contributed by atoms with van der Waals surface area (Å²) in [6.07, 6.45) is 4.16. The first-order chi connectivity index (χ1) is 5.34. The van der Waals surface area contributed by atoms with Crippen LogP contribution in [0.25, 0.3) is 0 Å². The second kappa shape index (κ2) is 4.73. The topological polar surface area (TPSA) is 21.3 Å². The second-order valence-electron chi connectivity index (χ2n) is 3.28. The quantitative estimate of drug-likeness (QED) is 0.625.